The average molecular weight is 453 g/mol. The van der Waals surface area contributed by atoms with Gasteiger partial charge in [-0.05, 0) is 85.1 Å². The monoisotopic (exact) mass is 452 g/mol. The zero-order chi connectivity index (χ0) is 24.0. The largest absolute Gasteiger partial charge is 0.283 e. The topological polar surface area (TPSA) is 73.5 Å². The molecule has 0 aromatic heterocycles. The van der Waals surface area contributed by atoms with Crippen LogP contribution in [0.15, 0.2) is 101 Å². The van der Waals surface area contributed by atoms with E-state index in [0.717, 1.165) is 71.6 Å². The number of nitrogens with zero attached hydrogens (tertiary/aromatic N) is 4. The molecule has 0 aliphatic carbocycles. The van der Waals surface area contributed by atoms with Crippen LogP contribution in [0.3, 0.4) is 0 Å². The summed E-state index contributed by atoms with van der Waals surface area (Å²) in [5.41, 5.74) is 19.8. The molecule has 0 fully saturated rings. The smallest absolute Gasteiger partial charge is 0.149 e. The summed E-state index contributed by atoms with van der Waals surface area (Å²) in [6, 6.07) is 0. The summed E-state index contributed by atoms with van der Waals surface area (Å²) in [6.45, 7) is 13.1. The van der Waals surface area contributed by atoms with Crippen LogP contribution in [0.4, 0.5) is 0 Å². The molecule has 174 valence electrons. The summed E-state index contributed by atoms with van der Waals surface area (Å²) in [6.07, 6.45) is 12.1. The van der Waals surface area contributed by atoms with E-state index in [0.29, 0.717) is 0 Å². The van der Waals surface area contributed by atoms with E-state index in [-0.39, 0.29) is 0 Å². The first kappa shape index (κ1) is 22.3. The maximum Gasteiger partial charge on any atom is 0.149 e. The summed E-state index contributed by atoms with van der Waals surface area (Å²) < 4.78 is 0. The second-order valence-corrected chi connectivity index (χ2v) is 8.93. The first-order valence-electron chi connectivity index (χ1n) is 12.3. The van der Waals surface area contributed by atoms with Crippen molar-refractivity contribution in [3.05, 3.63) is 80.7 Å². The van der Waals surface area contributed by atoms with Crippen molar-refractivity contribution in [3.8, 4) is 0 Å². The molecule has 0 unspecified atom stereocenters. The minimum atomic E-state index is 0.746. The molecule has 0 atom stereocenters. The third-order valence-electron chi connectivity index (χ3n) is 7.07. The van der Waals surface area contributed by atoms with Gasteiger partial charge in [0.1, 0.15) is 11.7 Å². The van der Waals surface area contributed by atoms with Crippen LogP contribution in [-0.4, -0.2) is 23.0 Å². The van der Waals surface area contributed by atoms with Crippen molar-refractivity contribution < 1.29 is 0 Å². The van der Waals surface area contributed by atoms with E-state index < -0.39 is 0 Å². The first-order chi connectivity index (χ1) is 16.5. The van der Waals surface area contributed by atoms with Gasteiger partial charge >= 0.3 is 0 Å². The number of fused-ring (bicyclic) bond motifs is 4. The Balaban J connectivity index is 1.77. The van der Waals surface area contributed by atoms with E-state index >= 15 is 0 Å². The lowest BCUT2D eigenvalue weighted by Crippen LogP contribution is -2.28. The molecule has 0 saturated heterocycles. The van der Waals surface area contributed by atoms with Crippen LogP contribution in [0.25, 0.3) is 0 Å². The fraction of sp³-hybridized carbons (Fsp3) is 0.357. The minimum absolute atomic E-state index is 0.746. The minimum Gasteiger partial charge on any atom is -0.283 e. The quantitative estimate of drug-likeness (QED) is 0.555. The molecule has 34 heavy (non-hydrogen) atoms. The van der Waals surface area contributed by atoms with Gasteiger partial charge in [0.15, 0.2) is 0 Å². The third kappa shape index (κ3) is 3.58. The van der Waals surface area contributed by atoms with E-state index in [1.165, 1.54) is 33.4 Å². The van der Waals surface area contributed by atoms with Gasteiger partial charge in [-0.15, -0.1) is 0 Å². The summed E-state index contributed by atoms with van der Waals surface area (Å²) in [4.78, 5) is 19.9. The van der Waals surface area contributed by atoms with Gasteiger partial charge in [0.25, 0.3) is 0 Å². The standard InChI is InChI=1S/C28H32N6/c1-7-17-15(5)21-13-27-32-28(34-33-27)14-22-16(6)18(8-2)24(30-22)12-26-20(10-4)19(9-3)25(31-26)11-23(17)29-21/h11-14H,7-10H2,1-6H3,(H2,32,33,34). The Kier molecular flexibility index (Phi) is 5.68. The Labute approximate surface area is 201 Å². The lowest BCUT2D eigenvalue weighted by atomic mass is 9.96. The highest BCUT2D eigenvalue weighted by Crippen LogP contribution is 2.36. The normalized spacial score (nSPS) is 21.5. The molecule has 8 bridgehead atoms. The Morgan fingerprint density at radius 1 is 0.529 bits per heavy atom. The Bertz CT molecular complexity index is 1330. The molecule has 0 aromatic carbocycles. The second kappa shape index (κ2) is 8.67. The van der Waals surface area contributed by atoms with E-state index in [1.54, 1.807) is 0 Å². The van der Waals surface area contributed by atoms with Gasteiger partial charge in [0.2, 0.25) is 0 Å². The van der Waals surface area contributed by atoms with Crippen LogP contribution in [0, 0.1) is 0 Å². The zero-order valence-electron chi connectivity index (χ0n) is 20.9. The van der Waals surface area contributed by atoms with Gasteiger partial charge in [0.05, 0.1) is 34.2 Å². The molecule has 2 N–H and O–H groups in total. The summed E-state index contributed by atoms with van der Waals surface area (Å²) in [5.74, 6) is 1.49. The van der Waals surface area contributed by atoms with Crippen molar-refractivity contribution in [2.75, 3.05) is 0 Å². The fourth-order valence-corrected chi connectivity index (χ4v) is 5.24. The summed E-state index contributed by atoms with van der Waals surface area (Å²) in [7, 11) is 0. The zero-order valence-corrected chi connectivity index (χ0v) is 20.9. The molecule has 0 spiro atoms. The van der Waals surface area contributed by atoms with Gasteiger partial charge in [0, 0.05) is 12.2 Å². The maximum absolute atomic E-state index is 5.13. The summed E-state index contributed by atoms with van der Waals surface area (Å²) in [5, 5.41) is 0. The number of aliphatic imine (C=N–C) groups is 4. The molecule has 5 rings (SSSR count). The molecule has 0 amide bonds. The van der Waals surface area contributed by atoms with Gasteiger partial charge < -0.3 is 0 Å². The lowest BCUT2D eigenvalue weighted by Gasteiger charge is -2.06. The molecule has 0 saturated carbocycles. The van der Waals surface area contributed by atoms with Crippen LogP contribution in [0.1, 0.15) is 67.2 Å². The Morgan fingerprint density at radius 3 is 1.79 bits per heavy atom. The number of hydrogen-bond acceptors (Lipinski definition) is 6. The Hall–Kier alpha value is -3.54. The number of amidine groups is 1. The third-order valence-corrected chi connectivity index (χ3v) is 7.07. The van der Waals surface area contributed by atoms with Crippen LogP contribution >= 0.6 is 0 Å². The molecular formula is C28H32N6. The predicted molar refractivity (Wildman–Crippen MR) is 142 cm³/mol. The number of hydrazine groups is 1. The molecule has 0 aromatic rings. The second-order valence-electron chi connectivity index (χ2n) is 8.93. The number of allylic oxidation sites excluding steroid dienone is 9. The van der Waals surface area contributed by atoms with Gasteiger partial charge in [-0.3, -0.25) is 10.9 Å². The van der Waals surface area contributed by atoms with Crippen LogP contribution in [0.5, 0.6) is 0 Å². The van der Waals surface area contributed by atoms with E-state index in [1.807, 2.05) is 12.2 Å². The molecule has 5 aliphatic rings. The first-order valence-corrected chi connectivity index (χ1v) is 12.3. The van der Waals surface area contributed by atoms with Gasteiger partial charge in [-0.25, -0.2) is 20.0 Å². The summed E-state index contributed by atoms with van der Waals surface area (Å²) >= 11 is 0. The van der Waals surface area contributed by atoms with Crippen molar-refractivity contribution >= 4 is 23.0 Å². The van der Waals surface area contributed by atoms with Crippen molar-refractivity contribution in [2.24, 2.45) is 20.0 Å². The van der Waals surface area contributed by atoms with Crippen molar-refractivity contribution in [1.82, 2.24) is 10.9 Å². The van der Waals surface area contributed by atoms with Gasteiger partial charge in [-0.1, -0.05) is 27.7 Å². The van der Waals surface area contributed by atoms with Gasteiger partial charge in [-0.2, -0.15) is 0 Å². The molecule has 5 heterocycles. The molecule has 6 nitrogen and oxygen atoms in total. The van der Waals surface area contributed by atoms with Crippen molar-refractivity contribution in [1.29, 1.82) is 0 Å². The lowest BCUT2D eigenvalue weighted by molar-refractivity contribution is 0.811. The fourth-order valence-electron chi connectivity index (χ4n) is 5.24. The predicted octanol–water partition coefficient (Wildman–Crippen LogP) is 5.93. The van der Waals surface area contributed by atoms with Crippen molar-refractivity contribution in [3.63, 3.8) is 0 Å². The maximum atomic E-state index is 5.13. The highest BCUT2D eigenvalue weighted by atomic mass is 15.5. The number of rotatable bonds is 4. The van der Waals surface area contributed by atoms with E-state index in [4.69, 9.17) is 20.0 Å². The van der Waals surface area contributed by atoms with Crippen LogP contribution in [0.2, 0.25) is 0 Å². The highest BCUT2D eigenvalue weighted by molar-refractivity contribution is 6.18. The van der Waals surface area contributed by atoms with Crippen LogP contribution in [-0.2, 0) is 0 Å². The molecule has 6 heteroatoms. The van der Waals surface area contributed by atoms with Crippen LogP contribution < -0.4 is 10.9 Å². The SMILES string of the molecule is CCC1=C(C)C2=NC1=CC1=NC(=CC3=NC(=CC4=NC(=C2)NN4)C(C)=C3CC)C(CC)=C1CC. The number of nitrogens with one attached hydrogen (secondary N) is 2. The average Bonchev–Trinajstić information content (AvgIpc) is 3.55. The van der Waals surface area contributed by atoms with Crippen molar-refractivity contribution in [2.45, 2.75) is 67.2 Å². The molecule has 5 aliphatic heterocycles. The molecular weight excluding hydrogens is 420 g/mol. The highest BCUT2D eigenvalue weighted by Gasteiger charge is 2.26. The Morgan fingerprint density at radius 2 is 1.12 bits per heavy atom. The number of hydrogen-bond donors (Lipinski definition) is 2. The molecule has 0 radical (unpaired) electrons. The van der Waals surface area contributed by atoms with E-state index in [9.17, 15) is 0 Å². The van der Waals surface area contributed by atoms with E-state index in [2.05, 4.69) is 64.5 Å².